The van der Waals surface area contributed by atoms with Gasteiger partial charge in [0.25, 0.3) is 0 Å². The number of piperazine rings is 1. The Hall–Kier alpha value is -0.340. The lowest BCUT2D eigenvalue weighted by molar-refractivity contribution is 0.588. The minimum atomic E-state index is -3.63. The predicted octanol–water partition coefficient (Wildman–Crippen LogP) is 0.928. The van der Waals surface area contributed by atoms with Crippen LogP contribution in [0.3, 0.4) is 0 Å². The molecule has 102 valence electrons. The molecule has 0 bridgehead atoms. The molecule has 0 aliphatic carbocycles. The Kier molecular flexibility index (Phi) is 5.42. The molecule has 0 spiro atoms. The molecule has 1 aromatic rings. The Morgan fingerprint density at radius 1 is 1.28 bits per heavy atom. The summed E-state index contributed by atoms with van der Waals surface area (Å²) in [4.78, 5) is 2.33. The highest BCUT2D eigenvalue weighted by molar-refractivity contribution is 9.10. The first-order valence-electron chi connectivity index (χ1n) is 5.26. The van der Waals surface area contributed by atoms with Gasteiger partial charge in [-0.1, -0.05) is 0 Å². The van der Waals surface area contributed by atoms with Gasteiger partial charge in [0.1, 0.15) is 0 Å². The molecular weight excluding hydrogens is 342 g/mol. The number of nitrogens with one attached hydrogen (secondary N) is 1. The smallest absolute Gasteiger partial charge is 0.238 e. The molecule has 18 heavy (non-hydrogen) atoms. The number of benzene rings is 1. The first kappa shape index (κ1) is 15.7. The summed E-state index contributed by atoms with van der Waals surface area (Å²) in [6.45, 7) is 3.69. The second kappa shape index (κ2) is 6.21. The van der Waals surface area contributed by atoms with Crippen LogP contribution >= 0.6 is 28.3 Å². The van der Waals surface area contributed by atoms with Crippen LogP contribution in [0.2, 0.25) is 0 Å². The first-order valence-corrected chi connectivity index (χ1v) is 7.60. The monoisotopic (exact) mass is 355 g/mol. The third-order valence-corrected chi connectivity index (χ3v) is 4.25. The van der Waals surface area contributed by atoms with Crippen molar-refractivity contribution in [1.82, 2.24) is 5.32 Å². The number of hydrogen-bond donors (Lipinski definition) is 2. The van der Waals surface area contributed by atoms with Gasteiger partial charge in [0.05, 0.1) is 10.6 Å². The van der Waals surface area contributed by atoms with E-state index < -0.39 is 10.0 Å². The summed E-state index contributed by atoms with van der Waals surface area (Å²) < 4.78 is 23.2. The fraction of sp³-hybridized carbons (Fsp3) is 0.400. The van der Waals surface area contributed by atoms with Gasteiger partial charge >= 0.3 is 0 Å². The number of nitrogens with zero attached hydrogens (tertiary/aromatic N) is 1. The van der Waals surface area contributed by atoms with E-state index in [9.17, 15) is 8.42 Å². The summed E-state index contributed by atoms with van der Waals surface area (Å²) in [5.74, 6) is 0. The summed E-state index contributed by atoms with van der Waals surface area (Å²) in [5.41, 5.74) is 0.999. The maximum Gasteiger partial charge on any atom is 0.238 e. The molecule has 1 heterocycles. The number of sulfonamides is 1. The molecule has 1 aliphatic rings. The molecule has 0 atom stereocenters. The molecule has 0 amide bonds. The topological polar surface area (TPSA) is 75.4 Å². The predicted molar refractivity (Wildman–Crippen MR) is 77.8 cm³/mol. The van der Waals surface area contributed by atoms with E-state index in [1.807, 2.05) is 0 Å². The Balaban J connectivity index is 0.00000162. The number of rotatable bonds is 2. The van der Waals surface area contributed by atoms with Crippen molar-refractivity contribution in [2.45, 2.75) is 4.90 Å². The summed E-state index contributed by atoms with van der Waals surface area (Å²) in [5, 5.41) is 8.35. The zero-order chi connectivity index (χ0) is 12.5. The van der Waals surface area contributed by atoms with Gasteiger partial charge in [0.15, 0.2) is 0 Å². The van der Waals surface area contributed by atoms with Crippen LogP contribution in [0.25, 0.3) is 0 Å². The molecular formula is C10H15BrClN3O2S. The highest BCUT2D eigenvalue weighted by Crippen LogP contribution is 2.28. The zero-order valence-corrected chi connectivity index (χ0v) is 12.8. The lowest BCUT2D eigenvalue weighted by Gasteiger charge is -2.30. The minimum Gasteiger partial charge on any atom is -0.368 e. The summed E-state index contributed by atoms with van der Waals surface area (Å²) in [6, 6.07) is 4.87. The van der Waals surface area contributed by atoms with Crippen LogP contribution in [0.5, 0.6) is 0 Å². The van der Waals surface area contributed by atoms with Crippen LogP contribution in [0.4, 0.5) is 5.69 Å². The number of nitrogens with two attached hydrogens (primary N) is 1. The van der Waals surface area contributed by atoms with Crippen LogP contribution in [0.15, 0.2) is 27.6 Å². The molecule has 1 fully saturated rings. The van der Waals surface area contributed by atoms with Gasteiger partial charge in [-0.2, -0.15) is 0 Å². The van der Waals surface area contributed by atoms with Crippen molar-refractivity contribution in [3.8, 4) is 0 Å². The average molecular weight is 357 g/mol. The molecule has 5 nitrogen and oxygen atoms in total. The summed E-state index contributed by atoms with van der Waals surface area (Å²) in [6.07, 6.45) is 0. The van der Waals surface area contributed by atoms with Crippen molar-refractivity contribution in [3.63, 3.8) is 0 Å². The molecule has 2 rings (SSSR count). The largest absolute Gasteiger partial charge is 0.368 e. The molecule has 0 saturated carbocycles. The van der Waals surface area contributed by atoms with Crippen LogP contribution < -0.4 is 15.4 Å². The van der Waals surface area contributed by atoms with E-state index in [1.54, 1.807) is 12.1 Å². The third kappa shape index (κ3) is 3.58. The minimum absolute atomic E-state index is 0. The van der Waals surface area contributed by atoms with E-state index in [1.165, 1.54) is 6.07 Å². The third-order valence-electron chi connectivity index (χ3n) is 2.71. The normalized spacial score (nSPS) is 16.2. The molecule has 1 aliphatic heterocycles. The Morgan fingerprint density at radius 2 is 1.89 bits per heavy atom. The molecule has 0 aromatic heterocycles. The molecule has 3 N–H and O–H groups in total. The number of primary sulfonamides is 1. The Morgan fingerprint density at radius 3 is 2.39 bits per heavy atom. The van der Waals surface area contributed by atoms with Gasteiger partial charge in [0, 0.05) is 30.7 Å². The first-order chi connectivity index (χ1) is 7.98. The van der Waals surface area contributed by atoms with E-state index in [2.05, 4.69) is 26.1 Å². The summed E-state index contributed by atoms with van der Waals surface area (Å²) in [7, 11) is -3.63. The van der Waals surface area contributed by atoms with Crippen LogP contribution in [-0.4, -0.2) is 34.6 Å². The van der Waals surface area contributed by atoms with E-state index >= 15 is 0 Å². The average Bonchev–Trinajstić information content (AvgIpc) is 2.29. The van der Waals surface area contributed by atoms with Gasteiger partial charge < -0.3 is 10.2 Å². The van der Waals surface area contributed by atoms with Gasteiger partial charge in [-0.05, 0) is 34.1 Å². The van der Waals surface area contributed by atoms with Crippen molar-refractivity contribution in [2.24, 2.45) is 5.14 Å². The molecule has 1 aromatic carbocycles. The maximum atomic E-state index is 11.2. The molecule has 0 radical (unpaired) electrons. The van der Waals surface area contributed by atoms with Crippen molar-refractivity contribution in [1.29, 1.82) is 0 Å². The molecule has 0 unspecified atom stereocenters. The Bertz CT molecular complexity index is 518. The second-order valence-corrected chi connectivity index (χ2v) is 6.31. The van der Waals surface area contributed by atoms with Gasteiger partial charge in [-0.25, -0.2) is 13.6 Å². The van der Waals surface area contributed by atoms with Gasteiger partial charge in [0.2, 0.25) is 10.0 Å². The van der Waals surface area contributed by atoms with E-state index in [0.29, 0.717) is 0 Å². The Labute approximate surface area is 121 Å². The van der Waals surface area contributed by atoms with Crippen molar-refractivity contribution in [2.75, 3.05) is 31.1 Å². The second-order valence-electron chi connectivity index (χ2n) is 3.90. The fourth-order valence-electron chi connectivity index (χ4n) is 1.83. The quantitative estimate of drug-likeness (QED) is 0.826. The van der Waals surface area contributed by atoms with E-state index in [0.717, 1.165) is 36.3 Å². The van der Waals surface area contributed by atoms with Crippen LogP contribution in [0.1, 0.15) is 0 Å². The van der Waals surface area contributed by atoms with Crippen LogP contribution in [-0.2, 0) is 10.0 Å². The van der Waals surface area contributed by atoms with Gasteiger partial charge in [-0.15, -0.1) is 12.4 Å². The maximum absolute atomic E-state index is 11.2. The highest BCUT2D eigenvalue weighted by Gasteiger charge is 2.15. The lowest BCUT2D eigenvalue weighted by Crippen LogP contribution is -2.43. The van der Waals surface area contributed by atoms with Crippen molar-refractivity contribution < 1.29 is 8.42 Å². The number of hydrogen-bond acceptors (Lipinski definition) is 4. The van der Waals surface area contributed by atoms with Crippen LogP contribution in [0, 0.1) is 0 Å². The van der Waals surface area contributed by atoms with E-state index in [4.69, 9.17) is 5.14 Å². The zero-order valence-electron chi connectivity index (χ0n) is 9.60. The van der Waals surface area contributed by atoms with Gasteiger partial charge in [-0.3, -0.25) is 0 Å². The van der Waals surface area contributed by atoms with Crippen molar-refractivity contribution >= 4 is 44.0 Å². The lowest BCUT2D eigenvalue weighted by atomic mass is 10.2. The summed E-state index contributed by atoms with van der Waals surface area (Å²) >= 11 is 3.39. The standard InChI is InChI=1S/C10H14BrN3O2S.ClH/c11-9-7-8(17(12,15)16)1-2-10(9)14-5-3-13-4-6-14;/h1-2,7,13H,3-6H2,(H2,12,15,16);1H. The molecule has 8 heteroatoms. The number of halogens is 2. The fourth-order valence-corrected chi connectivity index (χ4v) is 3.15. The SMILES string of the molecule is Cl.NS(=O)(=O)c1ccc(N2CCNCC2)c(Br)c1. The highest BCUT2D eigenvalue weighted by atomic mass is 79.9. The van der Waals surface area contributed by atoms with E-state index in [-0.39, 0.29) is 17.3 Å². The number of anilines is 1. The van der Waals surface area contributed by atoms with Crippen molar-refractivity contribution in [3.05, 3.63) is 22.7 Å². The molecule has 1 saturated heterocycles.